The first-order valence-electron chi connectivity index (χ1n) is 8.57. The van der Waals surface area contributed by atoms with E-state index in [0.717, 1.165) is 24.3 Å². The van der Waals surface area contributed by atoms with Gasteiger partial charge in [0.15, 0.2) is 5.01 Å². The van der Waals surface area contributed by atoms with E-state index in [9.17, 15) is 12.8 Å². The van der Waals surface area contributed by atoms with Gasteiger partial charge in [-0.1, -0.05) is 36.8 Å². The third-order valence-electron chi connectivity index (χ3n) is 4.43. The van der Waals surface area contributed by atoms with E-state index in [1.807, 2.05) is 6.92 Å². The van der Waals surface area contributed by atoms with Gasteiger partial charge in [-0.2, -0.15) is 0 Å². The summed E-state index contributed by atoms with van der Waals surface area (Å²) in [5, 5.41) is 9.66. The van der Waals surface area contributed by atoms with Gasteiger partial charge in [-0.25, -0.2) is 17.1 Å². The SMILES string of the molecule is CCCCS(=O)(=O)N1CCCC(c2nnc(-c3ccccc3F)s2)C1. The Morgan fingerprint density at radius 2 is 2.12 bits per heavy atom. The molecule has 5 nitrogen and oxygen atoms in total. The van der Waals surface area contributed by atoms with E-state index in [2.05, 4.69) is 10.2 Å². The van der Waals surface area contributed by atoms with E-state index in [-0.39, 0.29) is 17.5 Å². The van der Waals surface area contributed by atoms with E-state index in [0.29, 0.717) is 30.1 Å². The van der Waals surface area contributed by atoms with Gasteiger partial charge in [0.1, 0.15) is 10.8 Å². The second kappa shape index (κ2) is 7.88. The number of benzene rings is 1. The molecule has 0 amide bonds. The lowest BCUT2D eigenvalue weighted by Gasteiger charge is -2.30. The van der Waals surface area contributed by atoms with Gasteiger partial charge >= 0.3 is 0 Å². The Labute approximate surface area is 152 Å². The lowest BCUT2D eigenvalue weighted by atomic mass is 10.0. The topological polar surface area (TPSA) is 63.2 Å². The smallest absolute Gasteiger partial charge is 0.212 e. The fourth-order valence-corrected chi connectivity index (χ4v) is 5.72. The fraction of sp³-hybridized carbons (Fsp3) is 0.529. The predicted octanol–water partition coefficient (Wildman–Crippen LogP) is 3.65. The molecule has 1 aromatic heterocycles. The molecular weight excluding hydrogens is 361 g/mol. The van der Waals surface area contributed by atoms with Crippen LogP contribution in [-0.2, 0) is 10.0 Å². The summed E-state index contributed by atoms with van der Waals surface area (Å²) in [6.07, 6.45) is 3.23. The third-order valence-corrected chi connectivity index (χ3v) is 7.47. The molecule has 136 valence electrons. The molecule has 0 bridgehead atoms. The highest BCUT2D eigenvalue weighted by Crippen LogP contribution is 2.34. The van der Waals surface area contributed by atoms with Crippen molar-refractivity contribution < 1.29 is 12.8 Å². The Balaban J connectivity index is 1.76. The Morgan fingerprint density at radius 3 is 2.88 bits per heavy atom. The van der Waals surface area contributed by atoms with E-state index in [1.165, 1.54) is 17.4 Å². The van der Waals surface area contributed by atoms with Crippen LogP contribution in [0.5, 0.6) is 0 Å². The molecule has 2 heterocycles. The van der Waals surface area contributed by atoms with Crippen molar-refractivity contribution in [3.63, 3.8) is 0 Å². The zero-order valence-electron chi connectivity index (χ0n) is 14.2. The van der Waals surface area contributed by atoms with Crippen LogP contribution in [0.4, 0.5) is 4.39 Å². The Hall–Kier alpha value is -1.38. The molecule has 0 saturated carbocycles. The summed E-state index contributed by atoms with van der Waals surface area (Å²) >= 11 is 1.35. The minimum atomic E-state index is -3.21. The highest BCUT2D eigenvalue weighted by molar-refractivity contribution is 7.89. The maximum absolute atomic E-state index is 13.9. The summed E-state index contributed by atoms with van der Waals surface area (Å²) in [6, 6.07) is 6.49. The van der Waals surface area contributed by atoms with Crippen molar-refractivity contribution in [3.05, 3.63) is 35.1 Å². The first-order chi connectivity index (χ1) is 12.0. The molecule has 1 aromatic carbocycles. The molecular formula is C17H22FN3O2S2. The van der Waals surface area contributed by atoms with Crippen LogP contribution in [0.2, 0.25) is 0 Å². The number of hydrogen-bond donors (Lipinski definition) is 0. The number of rotatable bonds is 6. The van der Waals surface area contributed by atoms with Crippen molar-refractivity contribution in [3.8, 4) is 10.6 Å². The quantitative estimate of drug-likeness (QED) is 0.764. The third kappa shape index (κ3) is 4.24. The van der Waals surface area contributed by atoms with Crippen LogP contribution in [0.3, 0.4) is 0 Å². The van der Waals surface area contributed by atoms with Crippen LogP contribution in [-0.4, -0.2) is 41.8 Å². The molecule has 0 spiro atoms. The second-order valence-corrected chi connectivity index (χ2v) is 9.39. The van der Waals surface area contributed by atoms with Crippen molar-refractivity contribution in [1.29, 1.82) is 0 Å². The fourth-order valence-electron chi connectivity index (χ4n) is 3.00. The molecule has 0 N–H and O–H groups in total. The zero-order valence-corrected chi connectivity index (χ0v) is 15.8. The average Bonchev–Trinajstić information content (AvgIpc) is 3.10. The highest BCUT2D eigenvalue weighted by atomic mass is 32.2. The molecule has 25 heavy (non-hydrogen) atoms. The van der Waals surface area contributed by atoms with Crippen LogP contribution >= 0.6 is 11.3 Å². The molecule has 1 saturated heterocycles. The molecule has 1 unspecified atom stereocenters. The zero-order chi connectivity index (χ0) is 17.9. The molecule has 2 aromatic rings. The predicted molar refractivity (Wildman–Crippen MR) is 97.5 cm³/mol. The molecule has 1 atom stereocenters. The van der Waals surface area contributed by atoms with Gasteiger partial charge in [-0.15, -0.1) is 10.2 Å². The summed E-state index contributed by atoms with van der Waals surface area (Å²) in [7, 11) is -3.21. The number of halogens is 1. The Kier molecular flexibility index (Phi) is 5.81. The standard InChI is InChI=1S/C17H22FN3O2S2/c1-2-3-11-25(22,23)21-10-6-7-13(12-21)16-19-20-17(24-16)14-8-4-5-9-15(14)18/h4-5,8-9,13H,2-3,6-7,10-12H2,1H3. The van der Waals surface area contributed by atoms with Gasteiger partial charge in [0, 0.05) is 24.6 Å². The molecule has 1 aliphatic heterocycles. The monoisotopic (exact) mass is 383 g/mol. The maximum atomic E-state index is 13.9. The lowest BCUT2D eigenvalue weighted by Crippen LogP contribution is -2.40. The first-order valence-corrected chi connectivity index (χ1v) is 11.0. The number of hydrogen-bond acceptors (Lipinski definition) is 5. The van der Waals surface area contributed by atoms with Gasteiger partial charge < -0.3 is 0 Å². The molecule has 1 aliphatic rings. The summed E-state index contributed by atoms with van der Waals surface area (Å²) in [5.41, 5.74) is 0.439. The molecule has 3 rings (SSSR count). The maximum Gasteiger partial charge on any atom is 0.214 e. The van der Waals surface area contributed by atoms with E-state index >= 15 is 0 Å². The van der Waals surface area contributed by atoms with Crippen LogP contribution in [0.15, 0.2) is 24.3 Å². The molecule has 8 heteroatoms. The molecule has 0 radical (unpaired) electrons. The summed E-state index contributed by atoms with van der Waals surface area (Å²) in [4.78, 5) is 0. The van der Waals surface area contributed by atoms with Gasteiger partial charge in [0.25, 0.3) is 0 Å². The van der Waals surface area contributed by atoms with Gasteiger partial charge in [0.2, 0.25) is 10.0 Å². The highest BCUT2D eigenvalue weighted by Gasteiger charge is 2.31. The van der Waals surface area contributed by atoms with Crippen LogP contribution in [0.1, 0.15) is 43.5 Å². The van der Waals surface area contributed by atoms with Crippen LogP contribution in [0, 0.1) is 5.82 Å². The Bertz CT molecular complexity index is 823. The minimum Gasteiger partial charge on any atom is -0.212 e. The minimum absolute atomic E-state index is 0.0307. The lowest BCUT2D eigenvalue weighted by molar-refractivity contribution is 0.314. The number of nitrogens with zero attached hydrogens (tertiary/aromatic N) is 3. The molecule has 0 aliphatic carbocycles. The van der Waals surface area contributed by atoms with Gasteiger partial charge in [0.05, 0.1) is 5.75 Å². The number of sulfonamides is 1. The van der Waals surface area contributed by atoms with Crippen LogP contribution < -0.4 is 0 Å². The van der Waals surface area contributed by atoms with Crippen molar-refractivity contribution in [2.75, 3.05) is 18.8 Å². The Morgan fingerprint density at radius 1 is 1.32 bits per heavy atom. The summed E-state index contributed by atoms with van der Waals surface area (Å²) in [5.74, 6) is -0.0897. The summed E-state index contributed by atoms with van der Waals surface area (Å²) in [6.45, 7) is 3.00. The average molecular weight is 384 g/mol. The van der Waals surface area contributed by atoms with E-state index in [4.69, 9.17) is 0 Å². The number of unbranched alkanes of at least 4 members (excludes halogenated alkanes) is 1. The second-order valence-electron chi connectivity index (χ2n) is 6.29. The van der Waals surface area contributed by atoms with Gasteiger partial charge in [-0.05, 0) is 31.4 Å². The summed E-state index contributed by atoms with van der Waals surface area (Å²) < 4.78 is 40.4. The first kappa shape index (κ1) is 18.4. The van der Waals surface area contributed by atoms with E-state index in [1.54, 1.807) is 22.5 Å². The van der Waals surface area contributed by atoms with Crippen LogP contribution in [0.25, 0.3) is 10.6 Å². The van der Waals surface area contributed by atoms with Crippen molar-refractivity contribution >= 4 is 21.4 Å². The largest absolute Gasteiger partial charge is 0.214 e. The normalized spacial score (nSPS) is 19.2. The van der Waals surface area contributed by atoms with Crippen molar-refractivity contribution in [1.82, 2.24) is 14.5 Å². The molecule has 1 fully saturated rings. The van der Waals surface area contributed by atoms with E-state index < -0.39 is 10.0 Å². The van der Waals surface area contributed by atoms with Crippen molar-refractivity contribution in [2.45, 2.75) is 38.5 Å². The van der Waals surface area contributed by atoms with Gasteiger partial charge in [-0.3, -0.25) is 0 Å². The number of piperidine rings is 1. The number of aromatic nitrogens is 2. The van der Waals surface area contributed by atoms with Crippen molar-refractivity contribution in [2.24, 2.45) is 0 Å².